The fourth-order valence-electron chi connectivity index (χ4n) is 2.21. The zero-order chi connectivity index (χ0) is 17.6. The largest absolute Gasteiger partial charge is 0.457 e. The van der Waals surface area contributed by atoms with Gasteiger partial charge in [0.1, 0.15) is 11.7 Å². The molecule has 1 fully saturated rings. The van der Waals surface area contributed by atoms with Crippen LogP contribution in [0.25, 0.3) is 0 Å². The van der Waals surface area contributed by atoms with Crippen molar-refractivity contribution in [2.75, 3.05) is 0 Å². The molecular weight excluding hydrogens is 300 g/mol. The van der Waals surface area contributed by atoms with Crippen molar-refractivity contribution in [1.82, 2.24) is 0 Å². The van der Waals surface area contributed by atoms with E-state index in [0.717, 1.165) is 0 Å². The Balaban J connectivity index is 2.29. The van der Waals surface area contributed by atoms with Gasteiger partial charge in [-0.1, -0.05) is 6.08 Å². The van der Waals surface area contributed by atoms with Crippen LogP contribution in [0, 0.1) is 0 Å². The molecule has 2 N–H and O–H groups in total. The van der Waals surface area contributed by atoms with E-state index in [9.17, 15) is 15.0 Å². The molecule has 1 unspecified atom stereocenters. The highest BCUT2D eigenvalue weighted by atomic mass is 16.7. The lowest BCUT2D eigenvalue weighted by Gasteiger charge is -2.36. The molecule has 6 nitrogen and oxygen atoms in total. The van der Waals surface area contributed by atoms with E-state index in [1.54, 1.807) is 13.0 Å². The summed E-state index contributed by atoms with van der Waals surface area (Å²) in [4.78, 5) is 11.5. The van der Waals surface area contributed by atoms with Crippen molar-refractivity contribution in [3.63, 3.8) is 0 Å². The highest BCUT2D eigenvalue weighted by Crippen LogP contribution is 2.22. The van der Waals surface area contributed by atoms with Crippen LogP contribution >= 0.6 is 0 Å². The Labute approximate surface area is 138 Å². The Kier molecular flexibility index (Phi) is 7.67. The molecule has 23 heavy (non-hydrogen) atoms. The van der Waals surface area contributed by atoms with Gasteiger partial charge in [0.2, 0.25) is 0 Å². The minimum atomic E-state index is -0.832. The summed E-state index contributed by atoms with van der Waals surface area (Å²) < 4.78 is 16.3. The third kappa shape index (κ3) is 7.92. The van der Waals surface area contributed by atoms with Gasteiger partial charge in [-0.15, -0.1) is 0 Å². The Hall–Kier alpha value is -0.950. The van der Waals surface area contributed by atoms with Crippen molar-refractivity contribution < 1.29 is 29.2 Å². The molecule has 0 aromatic heterocycles. The molecule has 1 aliphatic rings. The first kappa shape index (κ1) is 20.1. The van der Waals surface area contributed by atoms with Crippen molar-refractivity contribution >= 4 is 5.97 Å². The third-order valence-electron chi connectivity index (χ3n) is 3.45. The number of hydrogen-bond acceptors (Lipinski definition) is 6. The van der Waals surface area contributed by atoms with E-state index in [1.807, 2.05) is 27.7 Å². The number of hydrogen-bond donors (Lipinski definition) is 2. The maximum atomic E-state index is 11.5. The van der Waals surface area contributed by atoms with Crippen LogP contribution < -0.4 is 0 Å². The first-order valence-corrected chi connectivity index (χ1v) is 8.15. The fraction of sp³-hybridized carbons (Fsp3) is 0.824. The Morgan fingerprint density at radius 1 is 1.35 bits per heavy atom. The van der Waals surface area contributed by atoms with Gasteiger partial charge >= 0.3 is 5.97 Å². The molecule has 0 aromatic carbocycles. The normalized spacial score (nSPS) is 30.4. The molecule has 1 heterocycles. The molecule has 1 aliphatic heterocycles. The van der Waals surface area contributed by atoms with Crippen molar-refractivity contribution in [2.24, 2.45) is 0 Å². The predicted octanol–water partition coefficient (Wildman–Crippen LogP) is 1.93. The minimum absolute atomic E-state index is 0.139. The Morgan fingerprint density at radius 3 is 2.61 bits per heavy atom. The number of ether oxygens (including phenoxy) is 3. The number of carbonyl (C=O) groups excluding carboxylic acids is 1. The van der Waals surface area contributed by atoms with Gasteiger partial charge in [-0.05, 0) is 47.5 Å². The molecular formula is C17H30O6. The molecule has 134 valence electrons. The highest BCUT2D eigenvalue weighted by molar-refractivity contribution is 5.82. The molecule has 0 aromatic rings. The summed E-state index contributed by atoms with van der Waals surface area (Å²) in [5.74, 6) is -0.361. The van der Waals surface area contributed by atoms with Crippen LogP contribution in [0.1, 0.15) is 53.9 Å². The molecule has 5 atom stereocenters. The van der Waals surface area contributed by atoms with Crippen LogP contribution in [0.15, 0.2) is 12.2 Å². The number of allylic oxidation sites excluding steroid dienone is 1. The lowest BCUT2D eigenvalue weighted by Crippen LogP contribution is -2.48. The number of aliphatic hydroxyl groups excluding tert-OH is 2. The summed E-state index contributed by atoms with van der Waals surface area (Å²) in [5, 5.41) is 19.5. The number of esters is 1. The van der Waals surface area contributed by atoms with Gasteiger partial charge < -0.3 is 24.4 Å². The summed E-state index contributed by atoms with van der Waals surface area (Å²) in [7, 11) is 0. The molecule has 6 heteroatoms. The second kappa shape index (κ2) is 8.78. The van der Waals surface area contributed by atoms with E-state index in [-0.39, 0.29) is 24.6 Å². The van der Waals surface area contributed by atoms with Gasteiger partial charge in [-0.2, -0.15) is 0 Å². The van der Waals surface area contributed by atoms with Crippen molar-refractivity contribution in [2.45, 2.75) is 90.2 Å². The van der Waals surface area contributed by atoms with Gasteiger partial charge in [0, 0.05) is 12.5 Å². The van der Waals surface area contributed by atoms with Gasteiger partial charge in [0.05, 0.1) is 18.3 Å². The molecule has 1 rings (SSSR count). The summed E-state index contributed by atoms with van der Waals surface area (Å²) in [6, 6.07) is 0. The second-order valence-corrected chi connectivity index (χ2v) is 7.04. The van der Waals surface area contributed by atoms with E-state index < -0.39 is 24.1 Å². The van der Waals surface area contributed by atoms with Gasteiger partial charge in [-0.3, -0.25) is 0 Å². The molecule has 0 amide bonds. The maximum Gasteiger partial charge on any atom is 0.330 e. The van der Waals surface area contributed by atoms with Gasteiger partial charge in [0.15, 0.2) is 6.29 Å². The van der Waals surface area contributed by atoms with E-state index in [2.05, 4.69) is 0 Å². The fourth-order valence-corrected chi connectivity index (χ4v) is 2.21. The van der Waals surface area contributed by atoms with Crippen molar-refractivity contribution in [1.29, 1.82) is 0 Å². The Bertz CT molecular complexity index is 400. The lowest BCUT2D eigenvalue weighted by atomic mass is 10.0. The topological polar surface area (TPSA) is 85.2 Å². The zero-order valence-corrected chi connectivity index (χ0v) is 14.7. The van der Waals surface area contributed by atoms with E-state index >= 15 is 0 Å². The van der Waals surface area contributed by atoms with Crippen LogP contribution in [-0.4, -0.2) is 52.5 Å². The third-order valence-corrected chi connectivity index (χ3v) is 3.45. The zero-order valence-electron chi connectivity index (χ0n) is 14.7. The quantitative estimate of drug-likeness (QED) is 0.572. The van der Waals surface area contributed by atoms with Crippen LogP contribution in [0.3, 0.4) is 0 Å². The highest BCUT2D eigenvalue weighted by Gasteiger charge is 2.35. The summed E-state index contributed by atoms with van der Waals surface area (Å²) in [6.45, 7) is 9.10. The lowest BCUT2D eigenvalue weighted by molar-refractivity contribution is -0.273. The van der Waals surface area contributed by atoms with Gasteiger partial charge in [0.25, 0.3) is 0 Å². The molecule has 0 aliphatic carbocycles. The first-order chi connectivity index (χ1) is 10.6. The summed E-state index contributed by atoms with van der Waals surface area (Å²) >= 11 is 0. The standard InChI is InChI=1S/C17H30O6/c1-11(8-6-7-9-15(20)23-17(3,4)5)21-16-14(19)10-13(18)12(2)22-16/h7,9,11-14,16,18-19H,6,8,10H2,1-5H3/b9-7-/t11-,12+,13-,14-,16?/m1/s1. The van der Waals surface area contributed by atoms with Gasteiger partial charge in [-0.25, -0.2) is 4.79 Å². The monoisotopic (exact) mass is 330 g/mol. The second-order valence-electron chi connectivity index (χ2n) is 7.04. The van der Waals surface area contributed by atoms with Crippen LogP contribution in [0.2, 0.25) is 0 Å². The minimum Gasteiger partial charge on any atom is -0.457 e. The van der Waals surface area contributed by atoms with Crippen LogP contribution in [-0.2, 0) is 19.0 Å². The van der Waals surface area contributed by atoms with E-state index in [1.165, 1.54) is 6.08 Å². The van der Waals surface area contributed by atoms with Crippen molar-refractivity contribution in [3.05, 3.63) is 12.2 Å². The number of rotatable bonds is 6. The Morgan fingerprint density at radius 2 is 2.00 bits per heavy atom. The average molecular weight is 330 g/mol. The number of aliphatic hydroxyl groups is 2. The molecule has 0 saturated carbocycles. The van der Waals surface area contributed by atoms with Crippen molar-refractivity contribution in [3.8, 4) is 0 Å². The van der Waals surface area contributed by atoms with Crippen LogP contribution in [0.5, 0.6) is 0 Å². The SMILES string of the molecule is C[C@H](CC/C=C\C(=O)OC(C)(C)C)OC1O[C@@H](C)[C@H](O)C[C@H]1O. The summed E-state index contributed by atoms with van der Waals surface area (Å²) in [6.07, 6.45) is 2.03. The predicted molar refractivity (Wildman–Crippen MR) is 85.7 cm³/mol. The molecule has 0 radical (unpaired) electrons. The summed E-state index contributed by atoms with van der Waals surface area (Å²) in [5.41, 5.74) is -0.493. The molecule has 0 spiro atoms. The number of carbonyl (C=O) groups is 1. The van der Waals surface area contributed by atoms with E-state index in [4.69, 9.17) is 14.2 Å². The maximum absolute atomic E-state index is 11.5. The average Bonchev–Trinajstić information content (AvgIpc) is 2.39. The smallest absolute Gasteiger partial charge is 0.330 e. The molecule has 1 saturated heterocycles. The molecule has 0 bridgehead atoms. The van der Waals surface area contributed by atoms with Crippen LogP contribution in [0.4, 0.5) is 0 Å². The first-order valence-electron chi connectivity index (χ1n) is 8.15. The van der Waals surface area contributed by atoms with E-state index in [0.29, 0.717) is 12.8 Å².